The van der Waals surface area contributed by atoms with Gasteiger partial charge < -0.3 is 20.1 Å². The summed E-state index contributed by atoms with van der Waals surface area (Å²) in [7, 11) is 1.46. The highest BCUT2D eigenvalue weighted by Gasteiger charge is 2.36. The molecule has 4 rings (SSSR count). The highest BCUT2D eigenvalue weighted by Crippen LogP contribution is 2.35. The van der Waals surface area contributed by atoms with Crippen LogP contribution in [0.1, 0.15) is 16.7 Å². The van der Waals surface area contributed by atoms with Gasteiger partial charge in [0.05, 0.1) is 12.0 Å². The number of ether oxygens (including phenoxy) is 2. The van der Waals surface area contributed by atoms with Gasteiger partial charge in [-0.05, 0) is 97.1 Å². The Balaban J connectivity index is 1.38. The molecule has 1 fully saturated rings. The van der Waals surface area contributed by atoms with E-state index in [-0.39, 0.29) is 17.4 Å². The number of nitrogens with one attached hydrogen (secondary N) is 2. The van der Waals surface area contributed by atoms with E-state index >= 15 is 0 Å². The second-order valence-corrected chi connectivity index (χ2v) is 11.9. The lowest BCUT2D eigenvalue weighted by Gasteiger charge is -2.14. The fourth-order valence-corrected chi connectivity index (χ4v) is 5.71. The zero-order valence-electron chi connectivity index (χ0n) is 23.3. The molecule has 0 atom stereocenters. The Morgan fingerprint density at radius 3 is 2.52 bits per heavy atom. The molecule has 0 aromatic heterocycles. The van der Waals surface area contributed by atoms with Crippen LogP contribution in [-0.4, -0.2) is 54.4 Å². The Morgan fingerprint density at radius 2 is 1.79 bits per heavy atom. The summed E-state index contributed by atoms with van der Waals surface area (Å²) in [6.07, 6.45) is 3.47. The number of imide groups is 1. The van der Waals surface area contributed by atoms with E-state index in [1.165, 1.54) is 18.9 Å². The van der Waals surface area contributed by atoms with E-state index in [0.29, 0.717) is 28.4 Å². The van der Waals surface area contributed by atoms with Crippen LogP contribution in [0.5, 0.6) is 11.5 Å². The maximum Gasteiger partial charge on any atom is 0.294 e. The molecular weight excluding hydrogens is 642 g/mol. The number of nitrogens with zero attached hydrogens (tertiary/aromatic N) is 1. The standard InChI is InChI=1S/C30H28BrN3O6S2/c1-17-18(2)23(10-9-22(17)31)33-28(36)16-40-24-11-8-19(12-25(24)39-3)13-26-29(37)34(30(38)42-26)15-27(35)32-20-6-5-7-21(14-20)41-4/h5-14H,15-16H2,1-4H3,(H,32,35)(H,33,36)/b26-13+. The number of anilines is 2. The van der Waals surface area contributed by atoms with E-state index in [4.69, 9.17) is 9.47 Å². The number of carbonyl (C=O) groups is 4. The van der Waals surface area contributed by atoms with Gasteiger partial charge in [-0.2, -0.15) is 0 Å². The van der Waals surface area contributed by atoms with E-state index < -0.39 is 23.6 Å². The average molecular weight is 671 g/mol. The fourth-order valence-electron chi connectivity index (χ4n) is 3.98. The summed E-state index contributed by atoms with van der Waals surface area (Å²) in [5.41, 5.74) is 3.84. The number of halogens is 1. The molecule has 1 saturated heterocycles. The van der Waals surface area contributed by atoms with E-state index in [1.54, 1.807) is 30.3 Å². The van der Waals surface area contributed by atoms with Crippen molar-refractivity contribution in [3.63, 3.8) is 0 Å². The van der Waals surface area contributed by atoms with Crippen LogP contribution in [0.15, 0.2) is 68.9 Å². The van der Waals surface area contributed by atoms with Crippen LogP contribution in [0, 0.1) is 13.8 Å². The SMILES string of the molecule is COc1cc(/C=C2/SC(=O)N(CC(=O)Nc3cccc(SC)c3)C2=O)ccc1OCC(=O)Nc1ccc(Br)c(C)c1C. The van der Waals surface area contributed by atoms with Gasteiger partial charge >= 0.3 is 0 Å². The summed E-state index contributed by atoms with van der Waals surface area (Å²) < 4.78 is 12.1. The summed E-state index contributed by atoms with van der Waals surface area (Å²) in [6.45, 7) is 3.24. The molecular formula is C30H28BrN3O6S2. The molecule has 0 bridgehead atoms. The first-order valence-corrected chi connectivity index (χ1v) is 15.5. The summed E-state index contributed by atoms with van der Waals surface area (Å²) in [5.74, 6) is -0.690. The quantitative estimate of drug-likeness (QED) is 0.186. The lowest BCUT2D eigenvalue weighted by atomic mass is 10.1. The highest BCUT2D eigenvalue weighted by molar-refractivity contribution is 9.10. The van der Waals surface area contributed by atoms with Gasteiger partial charge in [-0.3, -0.25) is 24.1 Å². The van der Waals surface area contributed by atoms with Crippen LogP contribution in [0.3, 0.4) is 0 Å². The van der Waals surface area contributed by atoms with E-state index in [9.17, 15) is 19.2 Å². The number of methoxy groups -OCH3 is 1. The predicted octanol–water partition coefficient (Wildman–Crippen LogP) is 6.49. The molecule has 12 heteroatoms. The maximum atomic E-state index is 13.0. The molecule has 2 N–H and O–H groups in total. The normalized spacial score (nSPS) is 13.8. The van der Waals surface area contributed by atoms with E-state index in [2.05, 4.69) is 26.6 Å². The first-order chi connectivity index (χ1) is 20.1. The topological polar surface area (TPSA) is 114 Å². The predicted molar refractivity (Wildman–Crippen MR) is 170 cm³/mol. The van der Waals surface area contributed by atoms with Gasteiger partial charge in [0.25, 0.3) is 17.1 Å². The molecule has 3 aromatic rings. The van der Waals surface area contributed by atoms with Crippen LogP contribution in [-0.2, 0) is 14.4 Å². The number of hydrogen-bond donors (Lipinski definition) is 2. The fraction of sp³-hybridized carbons (Fsp3) is 0.200. The first-order valence-electron chi connectivity index (χ1n) is 12.6. The number of hydrogen-bond acceptors (Lipinski definition) is 8. The highest BCUT2D eigenvalue weighted by atomic mass is 79.9. The maximum absolute atomic E-state index is 13.0. The molecule has 1 aliphatic heterocycles. The van der Waals surface area contributed by atoms with Crippen LogP contribution in [0.4, 0.5) is 16.2 Å². The van der Waals surface area contributed by atoms with Crippen LogP contribution < -0.4 is 20.1 Å². The van der Waals surface area contributed by atoms with Crippen molar-refractivity contribution in [3.05, 3.63) is 80.7 Å². The van der Waals surface area contributed by atoms with Crippen molar-refractivity contribution in [2.45, 2.75) is 18.7 Å². The molecule has 9 nitrogen and oxygen atoms in total. The Morgan fingerprint density at radius 1 is 1.00 bits per heavy atom. The molecule has 3 aromatic carbocycles. The summed E-state index contributed by atoms with van der Waals surface area (Å²) in [6, 6.07) is 15.9. The van der Waals surface area contributed by atoms with Crippen LogP contribution in [0.25, 0.3) is 6.08 Å². The molecule has 42 heavy (non-hydrogen) atoms. The summed E-state index contributed by atoms with van der Waals surface area (Å²) >= 11 is 5.77. The second kappa shape index (κ2) is 14.0. The molecule has 1 heterocycles. The Labute approximate surface area is 260 Å². The number of benzene rings is 3. The van der Waals surface area contributed by atoms with Gasteiger partial charge in [-0.1, -0.05) is 28.1 Å². The van der Waals surface area contributed by atoms with Crippen molar-refractivity contribution < 1.29 is 28.7 Å². The van der Waals surface area contributed by atoms with Crippen molar-refractivity contribution in [1.82, 2.24) is 4.90 Å². The van der Waals surface area contributed by atoms with Gasteiger partial charge in [0.15, 0.2) is 18.1 Å². The lowest BCUT2D eigenvalue weighted by Crippen LogP contribution is -2.36. The van der Waals surface area contributed by atoms with Crippen molar-refractivity contribution >= 4 is 79.9 Å². The smallest absolute Gasteiger partial charge is 0.294 e. The van der Waals surface area contributed by atoms with Crippen molar-refractivity contribution in [3.8, 4) is 11.5 Å². The third-order valence-corrected chi connectivity index (χ3v) is 8.86. The van der Waals surface area contributed by atoms with E-state index in [0.717, 1.165) is 37.2 Å². The average Bonchev–Trinajstić information content (AvgIpc) is 3.23. The third kappa shape index (κ3) is 7.55. The zero-order chi connectivity index (χ0) is 30.4. The van der Waals surface area contributed by atoms with Crippen molar-refractivity contribution in [2.24, 2.45) is 0 Å². The Hall–Kier alpha value is -3.74. The summed E-state index contributed by atoms with van der Waals surface area (Å²) in [5, 5.41) is 5.04. The van der Waals surface area contributed by atoms with Gasteiger partial charge in [0.1, 0.15) is 6.54 Å². The minimum atomic E-state index is -0.563. The largest absolute Gasteiger partial charge is 0.493 e. The van der Waals surface area contributed by atoms with Gasteiger partial charge in [-0.15, -0.1) is 11.8 Å². The third-order valence-electron chi connectivity index (χ3n) is 6.37. The van der Waals surface area contributed by atoms with Crippen LogP contribution >= 0.6 is 39.5 Å². The number of rotatable bonds is 10. The van der Waals surface area contributed by atoms with Gasteiger partial charge in [0.2, 0.25) is 5.91 Å². The molecule has 4 amide bonds. The van der Waals surface area contributed by atoms with Gasteiger partial charge in [-0.25, -0.2) is 0 Å². The molecule has 0 aliphatic carbocycles. The zero-order valence-corrected chi connectivity index (χ0v) is 26.5. The lowest BCUT2D eigenvalue weighted by molar-refractivity contribution is -0.127. The molecule has 0 saturated carbocycles. The molecule has 218 valence electrons. The first kappa shape index (κ1) is 31.2. The Kier molecular flexibility index (Phi) is 10.4. The number of amides is 4. The van der Waals surface area contributed by atoms with Crippen LogP contribution in [0.2, 0.25) is 0 Å². The molecule has 1 aliphatic rings. The van der Waals surface area contributed by atoms with Crippen molar-refractivity contribution in [1.29, 1.82) is 0 Å². The van der Waals surface area contributed by atoms with E-state index in [1.807, 2.05) is 50.4 Å². The minimum absolute atomic E-state index is 0.174. The Bertz CT molecular complexity index is 1590. The molecule has 0 spiro atoms. The minimum Gasteiger partial charge on any atom is -0.493 e. The van der Waals surface area contributed by atoms with Crippen molar-refractivity contribution in [2.75, 3.05) is 37.2 Å². The molecule has 0 unspecified atom stereocenters. The molecule has 0 radical (unpaired) electrons. The monoisotopic (exact) mass is 669 g/mol. The second-order valence-electron chi connectivity index (χ2n) is 9.14. The number of carbonyl (C=O) groups excluding carboxylic acids is 4. The number of thioether (sulfide) groups is 2. The van der Waals surface area contributed by atoms with Gasteiger partial charge in [0, 0.05) is 20.7 Å². The summed E-state index contributed by atoms with van der Waals surface area (Å²) in [4.78, 5) is 52.6.